The van der Waals surface area contributed by atoms with Crippen LogP contribution in [0.15, 0.2) is 24.4 Å². The Hall–Kier alpha value is -3.03. The van der Waals surface area contributed by atoms with Crippen LogP contribution in [-0.2, 0) is 25.5 Å². The van der Waals surface area contributed by atoms with Gasteiger partial charge in [0.05, 0.1) is 19.0 Å². The first-order chi connectivity index (χ1) is 11.4. The summed E-state index contributed by atoms with van der Waals surface area (Å²) in [5.74, 6) is -0.296. The number of carbonyl (C=O) groups excluding carboxylic acids is 3. The van der Waals surface area contributed by atoms with Crippen LogP contribution >= 0.6 is 0 Å². The second-order valence-electron chi connectivity index (χ2n) is 4.98. The Balaban J connectivity index is 2.27. The van der Waals surface area contributed by atoms with Gasteiger partial charge >= 0.3 is 18.0 Å². The Morgan fingerprint density at radius 1 is 1.21 bits per heavy atom. The second kappa shape index (κ2) is 7.49. The quantitative estimate of drug-likeness (QED) is 0.628. The summed E-state index contributed by atoms with van der Waals surface area (Å²) in [6.07, 6.45) is 1.51. The summed E-state index contributed by atoms with van der Waals surface area (Å²) < 4.78 is 16.2. The minimum Gasteiger partial charge on any atom is -0.490 e. The molecule has 1 amide bonds. The maximum Gasteiger partial charge on any atom is 0.323 e. The number of nitrogens with two attached hydrogens (primary N) is 1. The van der Waals surface area contributed by atoms with Crippen LogP contribution in [0.1, 0.15) is 12.5 Å². The van der Waals surface area contributed by atoms with E-state index in [0.717, 1.165) is 0 Å². The topological polar surface area (TPSA) is 110 Å². The number of ether oxygens (including phenoxy) is 3. The van der Waals surface area contributed by atoms with E-state index in [1.807, 2.05) is 0 Å². The lowest BCUT2D eigenvalue weighted by Gasteiger charge is -2.07. The van der Waals surface area contributed by atoms with Crippen molar-refractivity contribution in [3.05, 3.63) is 30.0 Å². The fraction of sp³-hybridized carbons (Fsp3) is 0.312. The SMILES string of the molecule is COC(=O)Cc1cn(C(N)=O)c2ccc(OCCOC(C)=O)cc12. The predicted octanol–water partition coefficient (Wildman–Crippen LogP) is 1.23. The fourth-order valence-corrected chi connectivity index (χ4v) is 2.26. The van der Waals surface area contributed by atoms with Gasteiger partial charge in [-0.3, -0.25) is 14.2 Å². The number of nitrogens with zero attached hydrogens (tertiary/aromatic N) is 1. The van der Waals surface area contributed by atoms with E-state index in [1.54, 1.807) is 18.2 Å². The third kappa shape index (κ3) is 4.03. The number of methoxy groups -OCH3 is 1. The van der Waals surface area contributed by atoms with E-state index in [0.29, 0.717) is 22.2 Å². The summed E-state index contributed by atoms with van der Waals surface area (Å²) in [4.78, 5) is 33.8. The molecule has 128 valence electrons. The monoisotopic (exact) mass is 334 g/mol. The first-order valence-electron chi connectivity index (χ1n) is 7.19. The first-order valence-corrected chi connectivity index (χ1v) is 7.19. The van der Waals surface area contributed by atoms with E-state index in [-0.39, 0.29) is 25.6 Å². The minimum absolute atomic E-state index is 0.00415. The smallest absolute Gasteiger partial charge is 0.323 e. The van der Waals surface area contributed by atoms with Crippen molar-refractivity contribution < 1.29 is 28.6 Å². The molecule has 2 aromatic rings. The maximum atomic E-state index is 11.5. The molecule has 8 nitrogen and oxygen atoms in total. The summed E-state index contributed by atoms with van der Waals surface area (Å²) in [6.45, 7) is 1.64. The van der Waals surface area contributed by atoms with Crippen molar-refractivity contribution in [2.24, 2.45) is 5.73 Å². The number of rotatable bonds is 6. The molecule has 0 atom stereocenters. The van der Waals surface area contributed by atoms with Gasteiger partial charge in [0.1, 0.15) is 19.0 Å². The lowest BCUT2D eigenvalue weighted by atomic mass is 10.1. The van der Waals surface area contributed by atoms with Gasteiger partial charge in [0.15, 0.2) is 0 Å². The number of benzene rings is 1. The Morgan fingerprint density at radius 2 is 1.96 bits per heavy atom. The molecule has 0 spiro atoms. The highest BCUT2D eigenvalue weighted by molar-refractivity contribution is 5.95. The molecule has 0 saturated heterocycles. The third-order valence-electron chi connectivity index (χ3n) is 3.32. The van der Waals surface area contributed by atoms with Gasteiger partial charge in [-0.25, -0.2) is 4.79 Å². The number of carbonyl (C=O) groups is 3. The van der Waals surface area contributed by atoms with Crippen LogP contribution in [0, 0.1) is 0 Å². The number of primary amides is 1. The van der Waals surface area contributed by atoms with Gasteiger partial charge in [-0.1, -0.05) is 0 Å². The molecule has 0 aliphatic heterocycles. The molecule has 24 heavy (non-hydrogen) atoms. The van der Waals surface area contributed by atoms with E-state index >= 15 is 0 Å². The van der Waals surface area contributed by atoms with Gasteiger partial charge < -0.3 is 19.9 Å². The van der Waals surface area contributed by atoms with E-state index in [4.69, 9.17) is 15.2 Å². The Morgan fingerprint density at radius 3 is 2.58 bits per heavy atom. The molecule has 8 heteroatoms. The van der Waals surface area contributed by atoms with Crippen LogP contribution in [0.5, 0.6) is 5.75 Å². The van der Waals surface area contributed by atoms with Gasteiger partial charge in [-0.15, -0.1) is 0 Å². The van der Waals surface area contributed by atoms with Gasteiger partial charge in [0.2, 0.25) is 0 Å². The zero-order valence-corrected chi connectivity index (χ0v) is 13.4. The molecule has 0 unspecified atom stereocenters. The van der Waals surface area contributed by atoms with Gasteiger partial charge in [-0.2, -0.15) is 0 Å². The molecular formula is C16H18N2O6. The molecule has 1 aromatic carbocycles. The largest absolute Gasteiger partial charge is 0.490 e. The van der Waals surface area contributed by atoms with Gasteiger partial charge in [0.25, 0.3) is 0 Å². The standard InChI is InChI=1S/C16H18N2O6/c1-10(19)23-5-6-24-12-3-4-14-13(8-12)11(7-15(20)22-2)9-18(14)16(17)21/h3-4,8-9H,5-7H2,1-2H3,(H2,17,21). The van der Waals surface area contributed by atoms with E-state index in [2.05, 4.69) is 4.74 Å². The lowest BCUT2D eigenvalue weighted by molar-refractivity contribution is -0.142. The van der Waals surface area contributed by atoms with Crippen molar-refractivity contribution in [1.82, 2.24) is 4.57 Å². The van der Waals surface area contributed by atoms with Gasteiger partial charge in [0, 0.05) is 18.5 Å². The molecule has 0 aliphatic carbocycles. The summed E-state index contributed by atoms with van der Waals surface area (Å²) >= 11 is 0. The summed E-state index contributed by atoms with van der Waals surface area (Å²) in [7, 11) is 1.29. The average Bonchev–Trinajstić information content (AvgIpc) is 2.89. The zero-order chi connectivity index (χ0) is 17.7. The minimum atomic E-state index is -0.653. The van der Waals surface area contributed by atoms with Crippen molar-refractivity contribution in [1.29, 1.82) is 0 Å². The van der Waals surface area contributed by atoms with Crippen molar-refractivity contribution >= 4 is 28.9 Å². The van der Waals surface area contributed by atoms with Crippen LogP contribution < -0.4 is 10.5 Å². The second-order valence-corrected chi connectivity index (χ2v) is 4.98. The van der Waals surface area contributed by atoms with Crippen LogP contribution in [0.25, 0.3) is 10.9 Å². The molecule has 0 saturated carbocycles. The molecule has 1 aromatic heterocycles. The van der Waals surface area contributed by atoms with Crippen molar-refractivity contribution in [3.63, 3.8) is 0 Å². The molecule has 2 N–H and O–H groups in total. The van der Waals surface area contributed by atoms with E-state index < -0.39 is 12.0 Å². The molecule has 0 fully saturated rings. The Bertz CT molecular complexity index is 780. The molecule has 2 rings (SSSR count). The van der Waals surface area contributed by atoms with Gasteiger partial charge in [-0.05, 0) is 23.8 Å². The normalized spacial score (nSPS) is 10.4. The maximum absolute atomic E-state index is 11.5. The number of hydrogen-bond acceptors (Lipinski definition) is 6. The highest BCUT2D eigenvalue weighted by Gasteiger charge is 2.15. The van der Waals surface area contributed by atoms with Crippen molar-refractivity contribution in [2.45, 2.75) is 13.3 Å². The Labute approximate surface area is 138 Å². The molecule has 0 bridgehead atoms. The van der Waals surface area contributed by atoms with Crippen molar-refractivity contribution in [2.75, 3.05) is 20.3 Å². The van der Waals surface area contributed by atoms with Crippen LogP contribution in [0.2, 0.25) is 0 Å². The number of aromatic nitrogens is 1. The summed E-state index contributed by atoms with van der Waals surface area (Å²) in [6, 6.07) is 4.37. The summed E-state index contributed by atoms with van der Waals surface area (Å²) in [5, 5.41) is 0.657. The van der Waals surface area contributed by atoms with E-state index in [1.165, 1.54) is 24.8 Å². The van der Waals surface area contributed by atoms with Crippen molar-refractivity contribution in [3.8, 4) is 5.75 Å². The first kappa shape index (κ1) is 17.3. The highest BCUT2D eigenvalue weighted by Crippen LogP contribution is 2.26. The highest BCUT2D eigenvalue weighted by atomic mass is 16.6. The Kier molecular flexibility index (Phi) is 5.41. The summed E-state index contributed by atoms with van der Waals surface area (Å²) in [5.41, 5.74) is 6.51. The molecule has 1 heterocycles. The molecule has 0 aliphatic rings. The average molecular weight is 334 g/mol. The number of fused-ring (bicyclic) bond motifs is 1. The van der Waals surface area contributed by atoms with Crippen LogP contribution in [0.4, 0.5) is 4.79 Å². The molecular weight excluding hydrogens is 316 g/mol. The predicted molar refractivity (Wildman–Crippen MR) is 84.8 cm³/mol. The number of amides is 1. The van der Waals surface area contributed by atoms with E-state index in [9.17, 15) is 14.4 Å². The molecule has 0 radical (unpaired) electrons. The fourth-order valence-electron chi connectivity index (χ4n) is 2.26. The van der Waals surface area contributed by atoms with Crippen LogP contribution in [0.3, 0.4) is 0 Å². The third-order valence-corrected chi connectivity index (χ3v) is 3.32. The zero-order valence-electron chi connectivity index (χ0n) is 13.4. The lowest BCUT2D eigenvalue weighted by Crippen LogP contribution is -2.18. The number of hydrogen-bond donors (Lipinski definition) is 1. The number of esters is 2. The van der Waals surface area contributed by atoms with Crippen LogP contribution in [-0.4, -0.2) is 42.9 Å².